The highest BCUT2D eigenvalue weighted by molar-refractivity contribution is 5.54. The van der Waals surface area contributed by atoms with E-state index in [4.69, 9.17) is 9.15 Å². The largest absolute Gasteiger partial charge is 0.497 e. The Labute approximate surface area is 147 Å². The minimum atomic E-state index is 0.309. The van der Waals surface area contributed by atoms with Gasteiger partial charge in [-0.15, -0.1) is 10.2 Å². The van der Waals surface area contributed by atoms with Gasteiger partial charge in [-0.05, 0) is 42.8 Å². The summed E-state index contributed by atoms with van der Waals surface area (Å²) in [5.74, 6) is 2.43. The summed E-state index contributed by atoms with van der Waals surface area (Å²) in [6.07, 6.45) is 1.05. The second-order valence-corrected chi connectivity index (χ2v) is 6.38. The molecule has 0 radical (unpaired) electrons. The van der Waals surface area contributed by atoms with Crippen molar-refractivity contribution in [2.75, 3.05) is 20.2 Å². The first-order valence-corrected chi connectivity index (χ1v) is 8.56. The van der Waals surface area contributed by atoms with E-state index < -0.39 is 0 Å². The Hall–Kier alpha value is -2.66. The molecule has 2 heterocycles. The molecule has 0 aliphatic carbocycles. The molecule has 1 aromatic heterocycles. The van der Waals surface area contributed by atoms with Gasteiger partial charge in [0.05, 0.1) is 13.0 Å². The second kappa shape index (κ2) is 7.07. The van der Waals surface area contributed by atoms with Crippen molar-refractivity contribution < 1.29 is 9.15 Å². The standard InChI is InChI=1S/C20H21N3O2/c1-24-18-9-7-16(8-10-18)19-21-22-20(25-19)17-11-12-23(14-17)13-15-5-3-2-4-6-15/h2-10,17H,11-14H2,1H3. The molecule has 1 unspecified atom stereocenters. The summed E-state index contributed by atoms with van der Waals surface area (Å²) in [6.45, 7) is 2.98. The molecular weight excluding hydrogens is 314 g/mol. The predicted octanol–water partition coefficient (Wildman–Crippen LogP) is 3.73. The van der Waals surface area contributed by atoms with Crippen LogP contribution in [0.25, 0.3) is 11.5 Å². The van der Waals surface area contributed by atoms with Gasteiger partial charge in [0, 0.05) is 18.7 Å². The molecule has 3 aromatic rings. The van der Waals surface area contributed by atoms with Crippen LogP contribution in [-0.4, -0.2) is 35.3 Å². The summed E-state index contributed by atoms with van der Waals surface area (Å²) < 4.78 is 11.1. The summed E-state index contributed by atoms with van der Waals surface area (Å²) in [5, 5.41) is 8.50. The topological polar surface area (TPSA) is 51.4 Å². The smallest absolute Gasteiger partial charge is 0.247 e. The van der Waals surface area contributed by atoms with Crippen LogP contribution in [0.15, 0.2) is 59.0 Å². The van der Waals surface area contributed by atoms with E-state index in [0.717, 1.165) is 43.3 Å². The molecule has 0 bridgehead atoms. The highest BCUT2D eigenvalue weighted by Gasteiger charge is 2.28. The Morgan fingerprint density at radius 2 is 1.88 bits per heavy atom. The lowest BCUT2D eigenvalue weighted by atomic mass is 10.1. The fourth-order valence-corrected chi connectivity index (χ4v) is 3.27. The van der Waals surface area contributed by atoms with Crippen LogP contribution in [-0.2, 0) is 6.54 Å². The van der Waals surface area contributed by atoms with E-state index in [9.17, 15) is 0 Å². The number of benzene rings is 2. The Balaban J connectivity index is 1.42. The fraction of sp³-hybridized carbons (Fsp3) is 0.300. The number of hydrogen-bond donors (Lipinski definition) is 0. The van der Waals surface area contributed by atoms with Crippen LogP contribution < -0.4 is 4.74 Å². The lowest BCUT2D eigenvalue weighted by molar-refractivity contribution is 0.320. The van der Waals surface area contributed by atoms with Crippen molar-refractivity contribution in [3.8, 4) is 17.2 Å². The van der Waals surface area contributed by atoms with E-state index in [-0.39, 0.29) is 0 Å². The maximum absolute atomic E-state index is 5.94. The van der Waals surface area contributed by atoms with Crippen LogP contribution in [0.1, 0.15) is 23.8 Å². The average molecular weight is 335 g/mol. The van der Waals surface area contributed by atoms with Crippen LogP contribution in [0, 0.1) is 0 Å². The van der Waals surface area contributed by atoms with Crippen molar-refractivity contribution in [1.82, 2.24) is 15.1 Å². The molecule has 2 aromatic carbocycles. The van der Waals surface area contributed by atoms with Gasteiger partial charge >= 0.3 is 0 Å². The van der Waals surface area contributed by atoms with Crippen molar-refractivity contribution in [3.05, 3.63) is 66.1 Å². The fourth-order valence-electron chi connectivity index (χ4n) is 3.27. The Bertz CT molecular complexity index is 814. The maximum atomic E-state index is 5.94. The predicted molar refractivity (Wildman–Crippen MR) is 95.4 cm³/mol. The molecule has 25 heavy (non-hydrogen) atoms. The van der Waals surface area contributed by atoms with Crippen molar-refractivity contribution in [2.24, 2.45) is 0 Å². The zero-order valence-corrected chi connectivity index (χ0v) is 14.3. The molecule has 1 saturated heterocycles. The molecule has 5 nitrogen and oxygen atoms in total. The van der Waals surface area contributed by atoms with E-state index in [1.54, 1.807) is 7.11 Å². The van der Waals surface area contributed by atoms with E-state index in [1.807, 2.05) is 24.3 Å². The lowest BCUT2D eigenvalue weighted by Crippen LogP contribution is -2.19. The Kier molecular flexibility index (Phi) is 4.48. The first-order chi connectivity index (χ1) is 12.3. The number of methoxy groups -OCH3 is 1. The van der Waals surface area contributed by atoms with Gasteiger partial charge in [0.1, 0.15) is 5.75 Å². The second-order valence-electron chi connectivity index (χ2n) is 6.38. The highest BCUT2D eigenvalue weighted by atomic mass is 16.5. The van der Waals surface area contributed by atoms with Crippen LogP contribution in [0.2, 0.25) is 0 Å². The van der Waals surface area contributed by atoms with Gasteiger partial charge in [0.2, 0.25) is 11.8 Å². The van der Waals surface area contributed by atoms with Crippen LogP contribution in [0.3, 0.4) is 0 Å². The molecule has 0 spiro atoms. The molecule has 0 N–H and O–H groups in total. The van der Waals surface area contributed by atoms with Crippen molar-refractivity contribution in [1.29, 1.82) is 0 Å². The summed E-state index contributed by atoms with van der Waals surface area (Å²) in [5.41, 5.74) is 2.26. The van der Waals surface area contributed by atoms with Gasteiger partial charge in [-0.25, -0.2) is 0 Å². The third-order valence-electron chi connectivity index (χ3n) is 4.65. The lowest BCUT2D eigenvalue weighted by Gasteiger charge is -2.14. The number of rotatable bonds is 5. The summed E-state index contributed by atoms with van der Waals surface area (Å²) in [4.78, 5) is 2.44. The number of aromatic nitrogens is 2. The van der Waals surface area contributed by atoms with Crippen molar-refractivity contribution in [2.45, 2.75) is 18.9 Å². The van der Waals surface area contributed by atoms with Gasteiger partial charge in [-0.2, -0.15) is 0 Å². The highest BCUT2D eigenvalue weighted by Crippen LogP contribution is 2.29. The molecule has 1 fully saturated rings. The number of likely N-dealkylation sites (tertiary alicyclic amines) is 1. The molecule has 4 rings (SSSR count). The Morgan fingerprint density at radius 1 is 1.08 bits per heavy atom. The van der Waals surface area contributed by atoms with E-state index >= 15 is 0 Å². The zero-order chi connectivity index (χ0) is 17.1. The Morgan fingerprint density at radius 3 is 2.64 bits per heavy atom. The minimum absolute atomic E-state index is 0.309. The van der Waals surface area contributed by atoms with Crippen molar-refractivity contribution in [3.63, 3.8) is 0 Å². The van der Waals surface area contributed by atoms with Gasteiger partial charge < -0.3 is 9.15 Å². The quantitative estimate of drug-likeness (QED) is 0.711. The molecule has 1 aliphatic rings. The van der Waals surface area contributed by atoms with E-state index in [0.29, 0.717) is 11.8 Å². The summed E-state index contributed by atoms with van der Waals surface area (Å²) >= 11 is 0. The van der Waals surface area contributed by atoms with Crippen LogP contribution >= 0.6 is 0 Å². The minimum Gasteiger partial charge on any atom is -0.497 e. The van der Waals surface area contributed by atoms with Gasteiger partial charge in [-0.1, -0.05) is 30.3 Å². The molecule has 1 atom stereocenters. The normalized spacial score (nSPS) is 17.7. The van der Waals surface area contributed by atoms with E-state index in [2.05, 4.69) is 45.4 Å². The zero-order valence-electron chi connectivity index (χ0n) is 14.3. The van der Waals surface area contributed by atoms with Gasteiger partial charge in [-0.3, -0.25) is 4.90 Å². The first kappa shape index (κ1) is 15.8. The number of hydrogen-bond acceptors (Lipinski definition) is 5. The van der Waals surface area contributed by atoms with Gasteiger partial charge in [0.25, 0.3) is 0 Å². The van der Waals surface area contributed by atoms with Gasteiger partial charge in [0.15, 0.2) is 0 Å². The third kappa shape index (κ3) is 3.56. The third-order valence-corrected chi connectivity index (χ3v) is 4.65. The first-order valence-electron chi connectivity index (χ1n) is 8.56. The van der Waals surface area contributed by atoms with Crippen LogP contribution in [0.4, 0.5) is 0 Å². The van der Waals surface area contributed by atoms with E-state index in [1.165, 1.54) is 5.56 Å². The monoisotopic (exact) mass is 335 g/mol. The van der Waals surface area contributed by atoms with Crippen LogP contribution in [0.5, 0.6) is 5.75 Å². The number of ether oxygens (including phenoxy) is 1. The molecular formula is C20H21N3O2. The molecule has 1 aliphatic heterocycles. The maximum Gasteiger partial charge on any atom is 0.247 e. The molecule has 5 heteroatoms. The SMILES string of the molecule is COc1ccc(-c2nnc(C3CCN(Cc4ccccc4)C3)o2)cc1. The van der Waals surface area contributed by atoms with Crippen molar-refractivity contribution >= 4 is 0 Å². The summed E-state index contributed by atoms with van der Waals surface area (Å²) in [6, 6.07) is 18.2. The average Bonchev–Trinajstić information content (AvgIpc) is 3.32. The molecule has 128 valence electrons. The number of nitrogens with zero attached hydrogens (tertiary/aromatic N) is 3. The molecule has 0 saturated carbocycles. The molecule has 0 amide bonds. The summed E-state index contributed by atoms with van der Waals surface area (Å²) in [7, 11) is 1.65.